The van der Waals surface area contributed by atoms with Gasteiger partial charge in [-0.05, 0) is 67.1 Å². The first-order valence-corrected chi connectivity index (χ1v) is 10.3. The van der Waals surface area contributed by atoms with Gasteiger partial charge in [0.25, 0.3) is 0 Å². The number of carbonyl (C=O) groups excluding carboxylic acids is 2. The molecule has 0 radical (unpaired) electrons. The highest BCUT2D eigenvalue weighted by molar-refractivity contribution is 6.13. The Hall–Kier alpha value is -3.40. The van der Waals surface area contributed by atoms with E-state index in [9.17, 15) is 9.59 Å². The van der Waals surface area contributed by atoms with Crippen LogP contribution in [0.1, 0.15) is 28.7 Å². The molecular formula is C26H26N2O2. The standard InChI is InChI=1S/C26H26N2O2/c1-18-12-13-22(16-19(18)2)27-25(29)23-14-15-28(26(23)30)24-11-7-6-10-21(24)17-20-8-4-3-5-9-20/h3-13,16,23H,14-15,17H2,1-2H3,(H,27,29)/t23-/m1/s1. The van der Waals surface area contributed by atoms with Gasteiger partial charge in [-0.1, -0.05) is 54.6 Å². The quantitative estimate of drug-likeness (QED) is 0.623. The Bertz CT molecular complexity index is 1080. The predicted octanol–water partition coefficient (Wildman–Crippen LogP) is 4.89. The molecule has 152 valence electrons. The van der Waals surface area contributed by atoms with Gasteiger partial charge >= 0.3 is 0 Å². The molecule has 1 atom stereocenters. The number of nitrogens with zero attached hydrogens (tertiary/aromatic N) is 1. The van der Waals surface area contributed by atoms with Gasteiger partial charge < -0.3 is 10.2 Å². The van der Waals surface area contributed by atoms with Crippen LogP contribution in [0.3, 0.4) is 0 Å². The van der Waals surface area contributed by atoms with Crippen LogP contribution in [0.25, 0.3) is 0 Å². The first kappa shape index (κ1) is 19.9. The van der Waals surface area contributed by atoms with Crippen molar-refractivity contribution in [2.45, 2.75) is 26.7 Å². The van der Waals surface area contributed by atoms with E-state index in [1.165, 1.54) is 11.1 Å². The monoisotopic (exact) mass is 398 g/mol. The molecule has 0 unspecified atom stereocenters. The highest BCUT2D eigenvalue weighted by Gasteiger charge is 2.38. The third-order valence-electron chi connectivity index (χ3n) is 5.82. The Balaban J connectivity index is 1.50. The van der Waals surface area contributed by atoms with E-state index in [2.05, 4.69) is 23.5 Å². The van der Waals surface area contributed by atoms with Crippen LogP contribution in [-0.2, 0) is 16.0 Å². The molecular weight excluding hydrogens is 372 g/mol. The van der Waals surface area contributed by atoms with Gasteiger partial charge in [-0.3, -0.25) is 9.59 Å². The number of rotatable bonds is 5. The lowest BCUT2D eigenvalue weighted by Crippen LogP contribution is -2.33. The molecule has 1 N–H and O–H groups in total. The maximum Gasteiger partial charge on any atom is 0.239 e. The summed E-state index contributed by atoms with van der Waals surface area (Å²) < 4.78 is 0. The van der Waals surface area contributed by atoms with E-state index in [1.807, 2.05) is 68.4 Å². The molecule has 3 aromatic rings. The second-order valence-corrected chi connectivity index (χ2v) is 7.91. The van der Waals surface area contributed by atoms with Crippen LogP contribution >= 0.6 is 0 Å². The summed E-state index contributed by atoms with van der Waals surface area (Å²) in [5.41, 5.74) is 6.20. The number of carbonyl (C=O) groups is 2. The van der Waals surface area contributed by atoms with Crippen LogP contribution < -0.4 is 10.2 Å². The van der Waals surface area contributed by atoms with Gasteiger partial charge in [-0.2, -0.15) is 0 Å². The normalized spacial score (nSPS) is 16.0. The third-order valence-corrected chi connectivity index (χ3v) is 5.82. The molecule has 1 aliphatic heterocycles. The Morgan fingerprint density at radius 3 is 2.47 bits per heavy atom. The van der Waals surface area contributed by atoms with Crippen molar-refractivity contribution >= 4 is 23.2 Å². The van der Waals surface area contributed by atoms with Crippen LogP contribution in [0.2, 0.25) is 0 Å². The minimum absolute atomic E-state index is 0.128. The molecule has 0 aliphatic carbocycles. The van der Waals surface area contributed by atoms with E-state index in [1.54, 1.807) is 4.90 Å². The molecule has 1 fully saturated rings. The highest BCUT2D eigenvalue weighted by atomic mass is 16.2. The van der Waals surface area contributed by atoms with Gasteiger partial charge in [0.1, 0.15) is 5.92 Å². The average molecular weight is 399 g/mol. The van der Waals surface area contributed by atoms with E-state index in [4.69, 9.17) is 0 Å². The summed E-state index contributed by atoms with van der Waals surface area (Å²) in [7, 11) is 0. The SMILES string of the molecule is Cc1ccc(NC(=O)[C@H]2CCN(c3ccccc3Cc3ccccc3)C2=O)cc1C. The van der Waals surface area contributed by atoms with E-state index in [0.717, 1.165) is 28.9 Å². The molecule has 30 heavy (non-hydrogen) atoms. The second kappa shape index (κ2) is 8.54. The Labute approximate surface area is 177 Å². The highest BCUT2D eigenvalue weighted by Crippen LogP contribution is 2.30. The van der Waals surface area contributed by atoms with Crippen molar-refractivity contribution in [1.82, 2.24) is 0 Å². The zero-order chi connectivity index (χ0) is 21.1. The van der Waals surface area contributed by atoms with Crippen LogP contribution in [0.15, 0.2) is 72.8 Å². The number of nitrogens with one attached hydrogen (secondary N) is 1. The number of para-hydroxylation sites is 1. The third kappa shape index (κ3) is 4.13. The Kier molecular flexibility index (Phi) is 5.66. The summed E-state index contributed by atoms with van der Waals surface area (Å²) in [6, 6.07) is 24.0. The minimum Gasteiger partial charge on any atom is -0.325 e. The van der Waals surface area contributed by atoms with Crippen molar-refractivity contribution in [3.63, 3.8) is 0 Å². The second-order valence-electron chi connectivity index (χ2n) is 7.91. The van der Waals surface area contributed by atoms with Crippen LogP contribution in [-0.4, -0.2) is 18.4 Å². The summed E-state index contributed by atoms with van der Waals surface area (Å²) in [5.74, 6) is -1.01. The molecule has 1 heterocycles. The molecule has 0 aromatic heterocycles. The molecule has 4 nitrogen and oxygen atoms in total. The summed E-state index contributed by atoms with van der Waals surface area (Å²) in [5, 5.41) is 2.92. The van der Waals surface area contributed by atoms with Crippen molar-refractivity contribution in [3.8, 4) is 0 Å². The van der Waals surface area contributed by atoms with Crippen LogP contribution in [0.5, 0.6) is 0 Å². The fraction of sp³-hybridized carbons (Fsp3) is 0.231. The van der Waals surface area contributed by atoms with Crippen molar-refractivity contribution in [3.05, 3.63) is 95.1 Å². The predicted molar refractivity (Wildman–Crippen MR) is 121 cm³/mol. The molecule has 0 spiro atoms. The lowest BCUT2D eigenvalue weighted by atomic mass is 10.0. The zero-order valence-corrected chi connectivity index (χ0v) is 17.4. The number of hydrogen-bond donors (Lipinski definition) is 1. The molecule has 1 aliphatic rings. The molecule has 2 amide bonds. The summed E-state index contributed by atoms with van der Waals surface area (Å²) in [6.45, 7) is 4.60. The molecule has 1 saturated heterocycles. The van der Waals surface area contributed by atoms with E-state index in [0.29, 0.717) is 13.0 Å². The van der Waals surface area contributed by atoms with Crippen molar-refractivity contribution in [2.24, 2.45) is 5.92 Å². The molecule has 3 aromatic carbocycles. The van der Waals surface area contributed by atoms with E-state index in [-0.39, 0.29) is 11.8 Å². The van der Waals surface area contributed by atoms with Crippen molar-refractivity contribution in [1.29, 1.82) is 0 Å². The summed E-state index contributed by atoms with van der Waals surface area (Å²) >= 11 is 0. The maximum absolute atomic E-state index is 13.1. The Morgan fingerprint density at radius 2 is 1.70 bits per heavy atom. The fourth-order valence-electron chi connectivity index (χ4n) is 3.95. The molecule has 4 heteroatoms. The molecule has 4 rings (SSSR count). The van der Waals surface area contributed by atoms with E-state index >= 15 is 0 Å². The smallest absolute Gasteiger partial charge is 0.239 e. The lowest BCUT2D eigenvalue weighted by Gasteiger charge is -2.20. The summed E-state index contributed by atoms with van der Waals surface area (Å²) in [6.07, 6.45) is 1.27. The fourth-order valence-corrected chi connectivity index (χ4v) is 3.95. The number of hydrogen-bond acceptors (Lipinski definition) is 2. The first-order valence-electron chi connectivity index (χ1n) is 10.3. The summed E-state index contributed by atoms with van der Waals surface area (Å²) in [4.78, 5) is 27.7. The van der Waals surface area contributed by atoms with E-state index < -0.39 is 5.92 Å². The van der Waals surface area contributed by atoms with Gasteiger partial charge in [-0.25, -0.2) is 0 Å². The van der Waals surface area contributed by atoms with Crippen molar-refractivity contribution < 1.29 is 9.59 Å². The zero-order valence-electron chi connectivity index (χ0n) is 17.4. The largest absolute Gasteiger partial charge is 0.325 e. The van der Waals surface area contributed by atoms with Crippen molar-refractivity contribution in [2.75, 3.05) is 16.8 Å². The topological polar surface area (TPSA) is 49.4 Å². The first-order chi connectivity index (χ1) is 14.5. The number of aryl methyl sites for hydroxylation is 2. The Morgan fingerprint density at radius 1 is 0.967 bits per heavy atom. The van der Waals surface area contributed by atoms with Gasteiger partial charge in [0.15, 0.2) is 0 Å². The molecule has 0 bridgehead atoms. The average Bonchev–Trinajstić information content (AvgIpc) is 3.13. The molecule has 0 saturated carbocycles. The number of anilines is 2. The lowest BCUT2D eigenvalue weighted by molar-refractivity contribution is -0.129. The van der Waals surface area contributed by atoms with Gasteiger partial charge in [0.2, 0.25) is 11.8 Å². The van der Waals surface area contributed by atoms with Gasteiger partial charge in [-0.15, -0.1) is 0 Å². The van der Waals surface area contributed by atoms with Crippen LogP contribution in [0, 0.1) is 19.8 Å². The van der Waals surface area contributed by atoms with Gasteiger partial charge in [0.05, 0.1) is 0 Å². The maximum atomic E-state index is 13.1. The number of benzene rings is 3. The van der Waals surface area contributed by atoms with Crippen LogP contribution in [0.4, 0.5) is 11.4 Å². The minimum atomic E-state index is -0.656. The number of amides is 2. The van der Waals surface area contributed by atoms with Gasteiger partial charge in [0, 0.05) is 17.9 Å².